The predicted octanol–water partition coefficient (Wildman–Crippen LogP) is 0.499. The zero-order valence-corrected chi connectivity index (χ0v) is 9.48. The number of rotatable bonds is 5. The molecule has 0 aliphatic heterocycles. The SMILES string of the molecule is C=C(C)CN=C(N)NCCc1cnccn1. The Hall–Kier alpha value is -1.91. The van der Waals surface area contributed by atoms with Gasteiger partial charge in [-0.15, -0.1) is 0 Å². The number of nitrogens with zero attached hydrogens (tertiary/aromatic N) is 3. The van der Waals surface area contributed by atoms with Crippen molar-refractivity contribution in [2.75, 3.05) is 13.1 Å². The van der Waals surface area contributed by atoms with Crippen molar-refractivity contribution in [2.45, 2.75) is 13.3 Å². The van der Waals surface area contributed by atoms with Gasteiger partial charge in [0, 0.05) is 31.6 Å². The van der Waals surface area contributed by atoms with Crippen molar-refractivity contribution in [3.8, 4) is 0 Å². The molecular weight excluding hydrogens is 202 g/mol. The van der Waals surface area contributed by atoms with Crippen LogP contribution in [0.1, 0.15) is 12.6 Å². The van der Waals surface area contributed by atoms with E-state index in [0.29, 0.717) is 19.0 Å². The van der Waals surface area contributed by atoms with Crippen LogP contribution < -0.4 is 11.1 Å². The Morgan fingerprint density at radius 1 is 1.56 bits per heavy atom. The van der Waals surface area contributed by atoms with E-state index >= 15 is 0 Å². The molecule has 0 aliphatic carbocycles. The Morgan fingerprint density at radius 3 is 3.00 bits per heavy atom. The normalized spacial score (nSPS) is 11.2. The lowest BCUT2D eigenvalue weighted by atomic mass is 10.3. The van der Waals surface area contributed by atoms with Crippen LogP contribution in [0, 0.1) is 0 Å². The first kappa shape index (κ1) is 12.2. The van der Waals surface area contributed by atoms with E-state index in [4.69, 9.17) is 5.73 Å². The quantitative estimate of drug-likeness (QED) is 0.429. The number of nitrogens with two attached hydrogens (primary N) is 1. The summed E-state index contributed by atoms with van der Waals surface area (Å²) in [6, 6.07) is 0. The van der Waals surface area contributed by atoms with Gasteiger partial charge in [0.2, 0.25) is 0 Å². The van der Waals surface area contributed by atoms with Gasteiger partial charge in [-0.25, -0.2) is 4.99 Å². The maximum Gasteiger partial charge on any atom is 0.188 e. The molecule has 0 saturated heterocycles. The molecule has 0 spiro atoms. The van der Waals surface area contributed by atoms with Crippen LogP contribution in [0.25, 0.3) is 0 Å². The molecular formula is C11H17N5. The summed E-state index contributed by atoms with van der Waals surface area (Å²) in [5, 5.41) is 3.01. The number of aromatic nitrogens is 2. The van der Waals surface area contributed by atoms with Crippen LogP contribution in [0.3, 0.4) is 0 Å². The predicted molar refractivity (Wildman–Crippen MR) is 65.0 cm³/mol. The van der Waals surface area contributed by atoms with Gasteiger partial charge in [-0.1, -0.05) is 12.2 Å². The maximum absolute atomic E-state index is 5.65. The third-order valence-corrected chi connectivity index (χ3v) is 1.82. The molecule has 5 heteroatoms. The molecule has 16 heavy (non-hydrogen) atoms. The van der Waals surface area contributed by atoms with Gasteiger partial charge in [0.25, 0.3) is 0 Å². The third-order valence-electron chi connectivity index (χ3n) is 1.82. The lowest BCUT2D eigenvalue weighted by Crippen LogP contribution is -2.33. The second-order valence-electron chi connectivity index (χ2n) is 3.53. The van der Waals surface area contributed by atoms with Gasteiger partial charge in [-0.2, -0.15) is 0 Å². The first-order valence-corrected chi connectivity index (χ1v) is 5.11. The number of hydrogen-bond acceptors (Lipinski definition) is 3. The third kappa shape index (κ3) is 5.09. The molecule has 1 heterocycles. The second kappa shape index (κ2) is 6.55. The molecule has 0 aromatic carbocycles. The Morgan fingerprint density at radius 2 is 2.38 bits per heavy atom. The molecule has 1 aromatic rings. The first-order valence-electron chi connectivity index (χ1n) is 5.11. The van der Waals surface area contributed by atoms with Gasteiger partial charge in [-0.05, 0) is 6.92 Å². The summed E-state index contributed by atoms with van der Waals surface area (Å²) in [7, 11) is 0. The number of aliphatic imine (C=N–C) groups is 1. The molecule has 0 aliphatic rings. The van der Waals surface area contributed by atoms with E-state index in [1.807, 2.05) is 6.92 Å². The maximum atomic E-state index is 5.65. The highest BCUT2D eigenvalue weighted by Crippen LogP contribution is 1.90. The topological polar surface area (TPSA) is 76.2 Å². The monoisotopic (exact) mass is 219 g/mol. The fraction of sp³-hybridized carbons (Fsp3) is 0.364. The molecule has 1 aromatic heterocycles. The smallest absolute Gasteiger partial charge is 0.188 e. The average Bonchev–Trinajstić information content (AvgIpc) is 2.28. The molecule has 0 saturated carbocycles. The van der Waals surface area contributed by atoms with Crippen LogP contribution in [-0.4, -0.2) is 29.0 Å². The molecule has 0 fully saturated rings. The van der Waals surface area contributed by atoms with Crippen molar-refractivity contribution in [2.24, 2.45) is 10.7 Å². The van der Waals surface area contributed by atoms with Crippen molar-refractivity contribution in [3.05, 3.63) is 36.4 Å². The zero-order valence-electron chi connectivity index (χ0n) is 9.48. The minimum Gasteiger partial charge on any atom is -0.370 e. The Labute approximate surface area is 95.5 Å². The minimum atomic E-state index is 0.437. The van der Waals surface area contributed by atoms with E-state index in [0.717, 1.165) is 17.7 Å². The molecule has 0 amide bonds. The standard InChI is InChI=1S/C11H17N5/c1-9(2)7-16-11(12)15-4-3-10-8-13-5-6-14-10/h5-6,8H,1,3-4,7H2,2H3,(H3,12,15,16). The molecule has 0 radical (unpaired) electrons. The van der Waals surface area contributed by atoms with Gasteiger partial charge < -0.3 is 11.1 Å². The van der Waals surface area contributed by atoms with Gasteiger partial charge >= 0.3 is 0 Å². The lowest BCUT2D eigenvalue weighted by molar-refractivity contribution is 0.824. The van der Waals surface area contributed by atoms with Gasteiger partial charge in [0.05, 0.1) is 12.2 Å². The van der Waals surface area contributed by atoms with Crippen molar-refractivity contribution in [1.82, 2.24) is 15.3 Å². The average molecular weight is 219 g/mol. The van der Waals surface area contributed by atoms with Crippen LogP contribution in [0.2, 0.25) is 0 Å². The van der Waals surface area contributed by atoms with E-state index in [1.54, 1.807) is 18.6 Å². The number of nitrogens with one attached hydrogen (secondary N) is 1. The molecule has 0 atom stereocenters. The molecule has 1 rings (SSSR count). The van der Waals surface area contributed by atoms with E-state index in [9.17, 15) is 0 Å². The molecule has 86 valence electrons. The van der Waals surface area contributed by atoms with Crippen molar-refractivity contribution < 1.29 is 0 Å². The largest absolute Gasteiger partial charge is 0.370 e. The van der Waals surface area contributed by atoms with Gasteiger partial charge in [-0.3, -0.25) is 9.97 Å². The number of guanidine groups is 1. The van der Waals surface area contributed by atoms with Gasteiger partial charge in [0.1, 0.15) is 0 Å². The summed E-state index contributed by atoms with van der Waals surface area (Å²) in [4.78, 5) is 12.2. The Kier molecular flexibility index (Phi) is 4.98. The lowest BCUT2D eigenvalue weighted by Gasteiger charge is -2.04. The minimum absolute atomic E-state index is 0.437. The summed E-state index contributed by atoms with van der Waals surface area (Å²) in [5.41, 5.74) is 7.57. The summed E-state index contributed by atoms with van der Waals surface area (Å²) in [6.45, 7) is 6.92. The van der Waals surface area contributed by atoms with Crippen LogP contribution in [0.5, 0.6) is 0 Å². The first-order chi connectivity index (χ1) is 7.68. The van der Waals surface area contributed by atoms with Crippen LogP contribution in [0.4, 0.5) is 0 Å². The Bertz CT molecular complexity index is 358. The van der Waals surface area contributed by atoms with Gasteiger partial charge in [0.15, 0.2) is 5.96 Å². The highest BCUT2D eigenvalue weighted by Gasteiger charge is 1.94. The molecule has 3 N–H and O–H groups in total. The highest BCUT2D eigenvalue weighted by atomic mass is 15.1. The van der Waals surface area contributed by atoms with E-state index in [-0.39, 0.29) is 0 Å². The summed E-state index contributed by atoms with van der Waals surface area (Å²) in [5.74, 6) is 0.437. The van der Waals surface area contributed by atoms with Crippen molar-refractivity contribution in [1.29, 1.82) is 0 Å². The van der Waals surface area contributed by atoms with Crippen LogP contribution in [-0.2, 0) is 6.42 Å². The summed E-state index contributed by atoms with van der Waals surface area (Å²) < 4.78 is 0. The van der Waals surface area contributed by atoms with E-state index < -0.39 is 0 Å². The second-order valence-corrected chi connectivity index (χ2v) is 3.53. The fourth-order valence-electron chi connectivity index (χ4n) is 1.05. The van der Waals surface area contributed by atoms with Crippen LogP contribution in [0.15, 0.2) is 35.7 Å². The zero-order chi connectivity index (χ0) is 11.8. The van der Waals surface area contributed by atoms with Crippen molar-refractivity contribution in [3.63, 3.8) is 0 Å². The van der Waals surface area contributed by atoms with Crippen molar-refractivity contribution >= 4 is 5.96 Å². The summed E-state index contributed by atoms with van der Waals surface area (Å²) >= 11 is 0. The molecule has 0 bridgehead atoms. The van der Waals surface area contributed by atoms with E-state index in [2.05, 4.69) is 26.9 Å². The highest BCUT2D eigenvalue weighted by molar-refractivity contribution is 5.77. The molecule has 0 unspecified atom stereocenters. The summed E-state index contributed by atoms with van der Waals surface area (Å²) in [6.07, 6.45) is 5.84. The number of hydrogen-bond donors (Lipinski definition) is 2. The van der Waals surface area contributed by atoms with Crippen LogP contribution >= 0.6 is 0 Å². The Balaban J connectivity index is 2.25. The van der Waals surface area contributed by atoms with E-state index in [1.165, 1.54) is 0 Å². The molecule has 5 nitrogen and oxygen atoms in total. The fourth-order valence-corrected chi connectivity index (χ4v) is 1.05.